The second kappa shape index (κ2) is 5.88. The molecule has 0 aromatic carbocycles. The van der Waals surface area contributed by atoms with E-state index in [1.807, 2.05) is 0 Å². The minimum absolute atomic E-state index is 0.0101. The van der Waals surface area contributed by atoms with Crippen molar-refractivity contribution < 1.29 is 0 Å². The van der Waals surface area contributed by atoms with E-state index in [9.17, 15) is 0 Å². The van der Waals surface area contributed by atoms with Gasteiger partial charge in [-0.2, -0.15) is 15.0 Å². The lowest BCUT2D eigenvalue weighted by molar-refractivity contribution is 0.505. The van der Waals surface area contributed by atoms with E-state index in [4.69, 9.17) is 58.0 Å². The van der Waals surface area contributed by atoms with Crippen molar-refractivity contribution in [1.82, 2.24) is 9.80 Å². The summed E-state index contributed by atoms with van der Waals surface area (Å²) in [6.07, 6.45) is 3.73. The van der Waals surface area contributed by atoms with Gasteiger partial charge in [-0.15, -0.1) is 0 Å². The topological polar surface area (TPSA) is 55.9 Å². The molecule has 0 unspecified atom stereocenters. The first kappa shape index (κ1) is 16.7. The van der Waals surface area contributed by atoms with E-state index < -0.39 is 3.79 Å². The Morgan fingerprint density at radius 2 is 1.62 bits per heavy atom. The lowest BCUT2D eigenvalue weighted by Crippen LogP contribution is -2.46. The van der Waals surface area contributed by atoms with Crippen molar-refractivity contribution >= 4 is 81.6 Å². The largest absolute Gasteiger partial charge is 0.341 e. The Balaban J connectivity index is 1.88. The summed E-state index contributed by atoms with van der Waals surface area (Å²) in [6, 6.07) is 0. The van der Waals surface area contributed by atoms with Gasteiger partial charge in [0.05, 0.1) is 10.1 Å². The number of nitrogens with zero attached hydrogens (tertiary/aromatic N) is 6. The molecule has 4 aliphatic heterocycles. The van der Waals surface area contributed by atoms with Crippen molar-refractivity contribution in [3.8, 4) is 0 Å². The van der Waals surface area contributed by atoms with Gasteiger partial charge in [0.15, 0.2) is 17.5 Å². The molecule has 1 saturated heterocycles. The quantitative estimate of drug-likeness (QED) is 0.553. The van der Waals surface area contributed by atoms with Gasteiger partial charge in [0.2, 0.25) is 15.7 Å². The summed E-state index contributed by atoms with van der Waals surface area (Å²) in [5.74, 6) is 1.59. The van der Waals surface area contributed by atoms with Gasteiger partial charge in [-0.3, -0.25) is 0 Å². The summed E-state index contributed by atoms with van der Waals surface area (Å²) in [7, 11) is 0. The Hall–Kier alpha value is -0.790. The lowest BCUT2D eigenvalue weighted by Gasteiger charge is -2.35. The average molecular weight is 427 g/mol. The zero-order chi connectivity index (χ0) is 17.1. The summed E-state index contributed by atoms with van der Waals surface area (Å²) < 4.78 is -1.80. The van der Waals surface area contributed by atoms with Crippen molar-refractivity contribution in [2.45, 2.75) is 16.6 Å². The molecule has 0 atom stereocenters. The number of alkyl halides is 3. The van der Waals surface area contributed by atoms with Gasteiger partial charge in [0.1, 0.15) is 0 Å². The zero-order valence-electron chi connectivity index (χ0n) is 12.0. The number of allylic oxidation sites excluding steroid dienone is 2. The van der Waals surface area contributed by atoms with Crippen LogP contribution in [0.4, 0.5) is 0 Å². The third-order valence-electron chi connectivity index (χ3n) is 3.77. The van der Waals surface area contributed by atoms with E-state index in [1.54, 1.807) is 11.0 Å². The Morgan fingerprint density at radius 1 is 0.917 bits per heavy atom. The van der Waals surface area contributed by atoms with Crippen molar-refractivity contribution in [1.29, 1.82) is 0 Å². The van der Waals surface area contributed by atoms with E-state index in [0.29, 0.717) is 22.6 Å². The zero-order valence-corrected chi connectivity index (χ0v) is 15.8. The molecule has 126 valence electrons. The summed E-state index contributed by atoms with van der Waals surface area (Å²) in [5, 5.41) is 0.661. The minimum atomic E-state index is -1.80. The van der Waals surface area contributed by atoms with E-state index in [2.05, 4.69) is 24.9 Å². The Morgan fingerprint density at radius 3 is 2.29 bits per heavy atom. The van der Waals surface area contributed by atoms with Crippen molar-refractivity contribution in [3.63, 3.8) is 0 Å². The predicted molar refractivity (Wildman–Crippen MR) is 99.5 cm³/mol. The molecule has 0 bridgehead atoms. The van der Waals surface area contributed by atoms with Crippen LogP contribution in [-0.4, -0.2) is 50.3 Å². The fourth-order valence-corrected chi connectivity index (χ4v) is 3.47. The Kier molecular flexibility index (Phi) is 4.09. The number of hydrogen-bond donors (Lipinski definition) is 0. The molecule has 0 amide bonds. The first-order chi connectivity index (χ1) is 11.3. The molecule has 0 aliphatic carbocycles. The third-order valence-corrected chi connectivity index (χ3v) is 4.83. The number of rotatable bonds is 0. The number of guanidine groups is 2. The van der Waals surface area contributed by atoms with Crippen LogP contribution in [0, 0.1) is 0 Å². The van der Waals surface area contributed by atoms with Crippen molar-refractivity contribution in [2.75, 3.05) is 13.1 Å². The van der Waals surface area contributed by atoms with Crippen molar-refractivity contribution in [3.05, 3.63) is 22.0 Å². The van der Waals surface area contributed by atoms with Gasteiger partial charge in [0, 0.05) is 13.1 Å². The highest BCUT2D eigenvalue weighted by Gasteiger charge is 2.41. The minimum Gasteiger partial charge on any atom is -0.341 e. The first-order valence-corrected chi connectivity index (χ1v) is 8.98. The maximum absolute atomic E-state index is 6.31. The molecule has 4 heterocycles. The molecule has 4 rings (SSSR count). The smallest absolute Gasteiger partial charge is 0.250 e. The highest BCUT2D eigenvalue weighted by Crippen LogP contribution is 2.37. The third kappa shape index (κ3) is 2.74. The number of aliphatic imine (C=N–C) groups is 4. The maximum Gasteiger partial charge on any atom is 0.250 e. The number of hydrogen-bond acceptors (Lipinski definition) is 6. The van der Waals surface area contributed by atoms with Crippen molar-refractivity contribution in [2.24, 2.45) is 20.0 Å². The fourth-order valence-electron chi connectivity index (χ4n) is 2.69. The van der Waals surface area contributed by atoms with Crippen LogP contribution in [0.15, 0.2) is 41.9 Å². The number of amidine groups is 2. The van der Waals surface area contributed by atoms with E-state index >= 15 is 0 Å². The van der Waals surface area contributed by atoms with E-state index in [0.717, 1.165) is 25.9 Å². The van der Waals surface area contributed by atoms with E-state index in [1.165, 1.54) is 0 Å². The molecule has 11 heteroatoms. The highest BCUT2D eigenvalue weighted by atomic mass is 35.6. The van der Waals surface area contributed by atoms with Crippen LogP contribution in [0.2, 0.25) is 0 Å². The summed E-state index contributed by atoms with van der Waals surface area (Å²) >= 11 is 30.4. The SMILES string of the molecule is ClC1=CC(Cl)=C2N=C(N3CCCC3)N=C3N=C(C(Cl)(Cl)Cl)N=C1N32. The first-order valence-electron chi connectivity index (χ1n) is 7.09. The molecule has 0 spiro atoms. The molecule has 24 heavy (non-hydrogen) atoms. The molecule has 1 fully saturated rings. The van der Waals surface area contributed by atoms with Gasteiger partial charge in [0.25, 0.3) is 0 Å². The molecule has 0 radical (unpaired) electrons. The van der Waals surface area contributed by atoms with Crippen LogP contribution in [0.25, 0.3) is 0 Å². The normalized spacial score (nSPS) is 23.5. The molecular formula is C13H9Cl5N6. The molecule has 4 aliphatic rings. The van der Waals surface area contributed by atoms with Gasteiger partial charge in [-0.05, 0) is 18.9 Å². The predicted octanol–water partition coefficient (Wildman–Crippen LogP) is 3.83. The van der Waals surface area contributed by atoms with Crippen LogP contribution in [0.1, 0.15) is 12.8 Å². The van der Waals surface area contributed by atoms with Crippen LogP contribution in [0.5, 0.6) is 0 Å². The molecule has 0 aromatic rings. The second-order valence-electron chi connectivity index (χ2n) is 5.39. The molecule has 6 nitrogen and oxygen atoms in total. The van der Waals surface area contributed by atoms with Crippen LogP contribution >= 0.6 is 58.0 Å². The lowest BCUT2D eigenvalue weighted by atomic mass is 10.2. The van der Waals surface area contributed by atoms with Crippen LogP contribution in [-0.2, 0) is 0 Å². The summed E-state index contributed by atoms with van der Waals surface area (Å²) in [6.45, 7) is 1.75. The van der Waals surface area contributed by atoms with Gasteiger partial charge >= 0.3 is 0 Å². The van der Waals surface area contributed by atoms with Gasteiger partial charge < -0.3 is 4.90 Å². The van der Waals surface area contributed by atoms with Crippen LogP contribution in [0.3, 0.4) is 0 Å². The maximum atomic E-state index is 6.31. The Bertz CT molecular complexity index is 794. The molecule has 0 aromatic heterocycles. The molecule has 0 N–H and O–H groups in total. The number of likely N-dealkylation sites (tertiary alicyclic amines) is 1. The monoisotopic (exact) mass is 424 g/mol. The van der Waals surface area contributed by atoms with E-state index in [-0.39, 0.29) is 16.8 Å². The fraction of sp³-hybridized carbons (Fsp3) is 0.385. The number of halogens is 5. The molecule has 0 saturated carbocycles. The van der Waals surface area contributed by atoms with Gasteiger partial charge in [-0.1, -0.05) is 58.0 Å². The average Bonchev–Trinajstić information content (AvgIpc) is 3.05. The summed E-state index contributed by atoms with van der Waals surface area (Å²) in [5.41, 5.74) is 0. The van der Waals surface area contributed by atoms with Gasteiger partial charge in [-0.25, -0.2) is 9.89 Å². The molecular weight excluding hydrogens is 417 g/mol. The highest BCUT2D eigenvalue weighted by molar-refractivity contribution is 6.77. The second-order valence-corrected chi connectivity index (χ2v) is 8.48. The van der Waals surface area contributed by atoms with Crippen LogP contribution < -0.4 is 0 Å². The summed E-state index contributed by atoms with van der Waals surface area (Å²) in [4.78, 5) is 21.2. The standard InChI is InChI=1S/C13H9Cl5N6/c14-6-5-7(15)9-20-11(23-3-1-2-4-23)22-12-21-10(13(16,17)18)19-8(6)24(9)12/h5H,1-4H2. The Labute approximate surface area is 162 Å².